The summed E-state index contributed by atoms with van der Waals surface area (Å²) in [6, 6.07) is 7.68. The number of nitrogens with zero attached hydrogens (tertiary/aromatic N) is 2. The Labute approximate surface area is 80.8 Å². The van der Waals surface area contributed by atoms with Crippen molar-refractivity contribution >= 4 is 28.8 Å². The van der Waals surface area contributed by atoms with Crippen molar-refractivity contribution in [2.75, 3.05) is 0 Å². The molecule has 2 aromatic rings. The van der Waals surface area contributed by atoms with Gasteiger partial charge in [-0.25, -0.2) is 4.98 Å². The number of rotatable bonds is 2. The van der Waals surface area contributed by atoms with Gasteiger partial charge in [-0.05, 0) is 12.1 Å². The number of fused-ring (bicyclic) bond motifs is 1. The van der Waals surface area contributed by atoms with Crippen LogP contribution in [0.2, 0.25) is 0 Å². The van der Waals surface area contributed by atoms with Gasteiger partial charge in [0.15, 0.2) is 0 Å². The highest BCUT2D eigenvalue weighted by Gasteiger charge is 2.02. The van der Waals surface area contributed by atoms with Crippen molar-refractivity contribution in [2.24, 2.45) is 0 Å². The van der Waals surface area contributed by atoms with Gasteiger partial charge in [-0.2, -0.15) is 0 Å². The first-order valence-electron chi connectivity index (χ1n) is 3.89. The summed E-state index contributed by atoms with van der Waals surface area (Å²) >= 11 is 3.72. The zero-order chi connectivity index (χ0) is 9.26. The zero-order valence-corrected chi connectivity index (χ0v) is 7.74. The van der Waals surface area contributed by atoms with Crippen LogP contribution in [-0.2, 0) is 11.3 Å². The highest BCUT2D eigenvalue weighted by Crippen LogP contribution is 2.11. The second-order valence-corrected chi connectivity index (χ2v) is 3.25. The summed E-state index contributed by atoms with van der Waals surface area (Å²) in [6.45, 7) is 0.267. The van der Waals surface area contributed by atoms with Crippen molar-refractivity contribution in [2.45, 2.75) is 6.54 Å². The van der Waals surface area contributed by atoms with E-state index in [4.69, 9.17) is 0 Å². The molecule has 4 heteroatoms. The van der Waals surface area contributed by atoms with Crippen LogP contribution in [0, 0.1) is 0 Å². The molecular weight excluding hydrogens is 184 g/mol. The summed E-state index contributed by atoms with van der Waals surface area (Å²) in [5.41, 5.74) is 1.86. The van der Waals surface area contributed by atoms with Gasteiger partial charge in [-0.1, -0.05) is 12.1 Å². The van der Waals surface area contributed by atoms with Crippen LogP contribution < -0.4 is 0 Å². The largest absolute Gasteiger partial charge is 0.322 e. The SMILES string of the molecule is O=C(S)Cn1cnc2ccccc21. The van der Waals surface area contributed by atoms with E-state index in [-0.39, 0.29) is 11.7 Å². The van der Waals surface area contributed by atoms with Gasteiger partial charge in [0.05, 0.1) is 23.9 Å². The standard InChI is InChI=1S/C9H8N2OS/c12-9(13)5-11-6-10-7-3-1-2-4-8(7)11/h1-4,6H,5H2,(H,12,13). The number of carbonyl (C=O) groups excluding carboxylic acids is 1. The first kappa shape index (κ1) is 8.31. The summed E-state index contributed by atoms with van der Waals surface area (Å²) < 4.78 is 1.78. The van der Waals surface area contributed by atoms with E-state index in [1.54, 1.807) is 10.9 Å². The van der Waals surface area contributed by atoms with Crippen LogP contribution in [0.25, 0.3) is 11.0 Å². The molecular formula is C9H8N2OS. The molecule has 0 saturated heterocycles. The molecule has 0 amide bonds. The molecule has 0 aliphatic heterocycles. The maximum absolute atomic E-state index is 10.8. The average molecular weight is 192 g/mol. The van der Waals surface area contributed by atoms with E-state index in [0.717, 1.165) is 11.0 Å². The first-order valence-corrected chi connectivity index (χ1v) is 4.34. The van der Waals surface area contributed by atoms with E-state index >= 15 is 0 Å². The van der Waals surface area contributed by atoms with Crippen LogP contribution in [0.15, 0.2) is 30.6 Å². The fourth-order valence-electron chi connectivity index (χ4n) is 1.28. The van der Waals surface area contributed by atoms with Crippen LogP contribution in [0.4, 0.5) is 0 Å². The van der Waals surface area contributed by atoms with Crippen LogP contribution in [-0.4, -0.2) is 14.7 Å². The summed E-state index contributed by atoms with van der Waals surface area (Å²) in [5.74, 6) is 0. The number of hydrogen-bond acceptors (Lipinski definition) is 2. The van der Waals surface area contributed by atoms with E-state index in [2.05, 4.69) is 17.6 Å². The van der Waals surface area contributed by atoms with Crippen molar-refractivity contribution in [1.82, 2.24) is 9.55 Å². The van der Waals surface area contributed by atoms with Gasteiger partial charge in [-0.15, -0.1) is 12.6 Å². The predicted molar refractivity (Wildman–Crippen MR) is 53.7 cm³/mol. The van der Waals surface area contributed by atoms with Crippen molar-refractivity contribution in [3.8, 4) is 0 Å². The third kappa shape index (κ3) is 1.58. The van der Waals surface area contributed by atoms with Crippen molar-refractivity contribution in [3.05, 3.63) is 30.6 Å². The van der Waals surface area contributed by atoms with E-state index in [1.807, 2.05) is 24.3 Å². The van der Waals surface area contributed by atoms with Gasteiger partial charge < -0.3 is 4.57 Å². The second kappa shape index (κ2) is 3.22. The van der Waals surface area contributed by atoms with Crippen molar-refractivity contribution in [1.29, 1.82) is 0 Å². The highest BCUT2D eigenvalue weighted by atomic mass is 32.1. The Morgan fingerprint density at radius 2 is 2.23 bits per heavy atom. The number of benzene rings is 1. The molecule has 0 fully saturated rings. The molecule has 0 spiro atoms. The maximum Gasteiger partial charge on any atom is 0.205 e. The Morgan fingerprint density at radius 1 is 1.46 bits per heavy atom. The molecule has 3 nitrogen and oxygen atoms in total. The van der Waals surface area contributed by atoms with E-state index in [1.165, 1.54) is 0 Å². The lowest BCUT2D eigenvalue weighted by molar-refractivity contribution is -0.111. The summed E-state index contributed by atoms with van der Waals surface area (Å²) in [6.07, 6.45) is 1.65. The number of thiol groups is 1. The topological polar surface area (TPSA) is 34.9 Å². The molecule has 66 valence electrons. The van der Waals surface area contributed by atoms with Gasteiger partial charge in [-0.3, -0.25) is 4.79 Å². The van der Waals surface area contributed by atoms with Crippen LogP contribution in [0.1, 0.15) is 0 Å². The lowest BCUT2D eigenvalue weighted by atomic mass is 10.3. The van der Waals surface area contributed by atoms with Crippen molar-refractivity contribution in [3.63, 3.8) is 0 Å². The Balaban J connectivity index is 2.51. The molecule has 0 saturated carbocycles. The smallest absolute Gasteiger partial charge is 0.205 e. The number of hydrogen-bond donors (Lipinski definition) is 1. The molecule has 1 heterocycles. The molecule has 1 aromatic heterocycles. The predicted octanol–water partition coefficient (Wildman–Crippen LogP) is 1.49. The Kier molecular flexibility index (Phi) is 2.06. The fraction of sp³-hybridized carbons (Fsp3) is 0.111. The Bertz CT molecular complexity index is 450. The minimum absolute atomic E-state index is 0.164. The van der Waals surface area contributed by atoms with Crippen molar-refractivity contribution < 1.29 is 4.79 Å². The van der Waals surface area contributed by atoms with Gasteiger partial charge in [0, 0.05) is 0 Å². The van der Waals surface area contributed by atoms with E-state index in [9.17, 15) is 4.79 Å². The summed E-state index contributed by atoms with van der Waals surface area (Å²) in [4.78, 5) is 14.9. The molecule has 0 radical (unpaired) electrons. The second-order valence-electron chi connectivity index (χ2n) is 2.75. The normalized spacial score (nSPS) is 10.5. The van der Waals surface area contributed by atoms with Gasteiger partial charge in [0.1, 0.15) is 0 Å². The van der Waals surface area contributed by atoms with Gasteiger partial charge >= 0.3 is 0 Å². The zero-order valence-electron chi connectivity index (χ0n) is 6.84. The Hall–Kier alpha value is -1.29. The van der Waals surface area contributed by atoms with E-state index < -0.39 is 0 Å². The molecule has 0 atom stereocenters. The Morgan fingerprint density at radius 3 is 3.00 bits per heavy atom. The summed E-state index contributed by atoms with van der Waals surface area (Å²) in [5, 5.41) is -0.164. The van der Waals surface area contributed by atoms with Crippen LogP contribution >= 0.6 is 12.6 Å². The van der Waals surface area contributed by atoms with E-state index in [0.29, 0.717) is 0 Å². The third-order valence-corrected chi connectivity index (χ3v) is 1.97. The van der Waals surface area contributed by atoms with Gasteiger partial charge in [0.2, 0.25) is 5.12 Å². The number of imidazole rings is 1. The van der Waals surface area contributed by atoms with Crippen LogP contribution in [0.5, 0.6) is 0 Å². The number of carbonyl (C=O) groups is 1. The lowest BCUT2D eigenvalue weighted by Crippen LogP contribution is -2.02. The number of para-hydroxylation sites is 2. The first-order chi connectivity index (χ1) is 6.27. The minimum Gasteiger partial charge on any atom is -0.322 e. The monoisotopic (exact) mass is 192 g/mol. The van der Waals surface area contributed by atoms with Crippen LogP contribution in [0.3, 0.4) is 0 Å². The molecule has 0 aliphatic rings. The molecule has 0 bridgehead atoms. The molecule has 0 unspecified atom stereocenters. The average Bonchev–Trinajstić information content (AvgIpc) is 2.48. The maximum atomic E-state index is 10.8. The molecule has 0 N–H and O–H groups in total. The highest BCUT2D eigenvalue weighted by molar-refractivity contribution is 7.96. The molecule has 13 heavy (non-hydrogen) atoms. The molecule has 2 rings (SSSR count). The fourth-order valence-corrected chi connectivity index (χ4v) is 1.43. The number of aromatic nitrogens is 2. The third-order valence-electron chi connectivity index (χ3n) is 1.83. The summed E-state index contributed by atoms with van der Waals surface area (Å²) in [7, 11) is 0. The molecule has 1 aromatic carbocycles. The lowest BCUT2D eigenvalue weighted by Gasteiger charge is -1.98. The quantitative estimate of drug-likeness (QED) is 0.732. The van der Waals surface area contributed by atoms with Gasteiger partial charge in [0.25, 0.3) is 0 Å². The molecule has 0 aliphatic carbocycles. The minimum atomic E-state index is -0.164.